The largest absolute Gasteiger partial charge is 0.450 e. The number of hydrogen-bond donors (Lipinski definition) is 0. The number of furan rings is 1. The summed E-state index contributed by atoms with van der Waals surface area (Å²) in [6.45, 7) is 2.58. The highest BCUT2D eigenvalue weighted by atomic mass is 19.4. The van der Waals surface area contributed by atoms with Gasteiger partial charge in [0.05, 0.1) is 12.2 Å². The van der Waals surface area contributed by atoms with E-state index in [4.69, 9.17) is 13.9 Å². The summed E-state index contributed by atoms with van der Waals surface area (Å²) in [5, 5.41) is 0. The van der Waals surface area contributed by atoms with Crippen LogP contribution in [0.25, 0.3) is 11.3 Å². The third-order valence-corrected chi connectivity index (χ3v) is 4.77. The first-order valence-corrected chi connectivity index (χ1v) is 9.83. The summed E-state index contributed by atoms with van der Waals surface area (Å²) in [5.41, 5.74) is -0.696. The van der Waals surface area contributed by atoms with Crippen LogP contribution in [0.4, 0.5) is 18.0 Å². The second-order valence-electron chi connectivity index (χ2n) is 6.89. The number of halogens is 3. The summed E-state index contributed by atoms with van der Waals surface area (Å²) >= 11 is 0. The molecule has 8 nitrogen and oxygen atoms in total. The molecule has 2 amide bonds. The molecule has 1 fully saturated rings. The summed E-state index contributed by atoms with van der Waals surface area (Å²) in [7, 11) is 0. The van der Waals surface area contributed by atoms with Gasteiger partial charge >= 0.3 is 18.2 Å². The molecule has 172 valence electrons. The minimum absolute atomic E-state index is 0.0597. The van der Waals surface area contributed by atoms with E-state index in [9.17, 15) is 27.6 Å². The number of nitrogens with zero attached hydrogens (tertiary/aromatic N) is 2. The molecule has 0 saturated carbocycles. The molecule has 0 bridgehead atoms. The molecule has 1 aromatic heterocycles. The maximum Gasteiger partial charge on any atom is 0.416 e. The quantitative estimate of drug-likeness (QED) is 0.644. The fourth-order valence-electron chi connectivity index (χ4n) is 3.09. The van der Waals surface area contributed by atoms with E-state index in [2.05, 4.69) is 0 Å². The molecule has 0 N–H and O–H groups in total. The Hall–Kier alpha value is -3.50. The van der Waals surface area contributed by atoms with Crippen LogP contribution in [0.2, 0.25) is 0 Å². The normalized spacial score (nSPS) is 14.2. The fraction of sp³-hybridized carbons (Fsp3) is 0.381. The fourth-order valence-corrected chi connectivity index (χ4v) is 3.09. The van der Waals surface area contributed by atoms with E-state index in [0.717, 1.165) is 12.1 Å². The molecule has 0 aliphatic carbocycles. The number of carbonyl (C=O) groups is 3. The minimum atomic E-state index is -4.51. The molecule has 2 aromatic rings. The van der Waals surface area contributed by atoms with Crippen LogP contribution in [0.3, 0.4) is 0 Å². The Balaban J connectivity index is 1.53. The third kappa shape index (κ3) is 5.59. The molecule has 11 heteroatoms. The maximum atomic E-state index is 12.9. The molecule has 1 aromatic carbocycles. The zero-order valence-corrected chi connectivity index (χ0v) is 17.2. The van der Waals surface area contributed by atoms with E-state index in [1.807, 2.05) is 0 Å². The number of rotatable bonds is 5. The number of ether oxygens (including phenoxy) is 2. The lowest BCUT2D eigenvalue weighted by molar-refractivity contribution is -0.137. The van der Waals surface area contributed by atoms with Gasteiger partial charge < -0.3 is 23.7 Å². The van der Waals surface area contributed by atoms with Gasteiger partial charge in [-0.2, -0.15) is 13.2 Å². The van der Waals surface area contributed by atoms with Crippen LogP contribution in [0.15, 0.2) is 40.8 Å². The number of esters is 1. The van der Waals surface area contributed by atoms with E-state index >= 15 is 0 Å². The topological polar surface area (TPSA) is 89.3 Å². The van der Waals surface area contributed by atoms with E-state index < -0.39 is 36.3 Å². The highest BCUT2D eigenvalue weighted by Crippen LogP contribution is 2.32. The first-order chi connectivity index (χ1) is 15.2. The molecule has 3 rings (SSSR count). The lowest BCUT2D eigenvalue weighted by Gasteiger charge is -2.33. The predicted molar refractivity (Wildman–Crippen MR) is 105 cm³/mol. The Morgan fingerprint density at radius 3 is 2.34 bits per heavy atom. The van der Waals surface area contributed by atoms with Crippen molar-refractivity contribution >= 4 is 18.0 Å². The van der Waals surface area contributed by atoms with Crippen LogP contribution < -0.4 is 0 Å². The smallest absolute Gasteiger partial charge is 0.416 e. The monoisotopic (exact) mass is 454 g/mol. The van der Waals surface area contributed by atoms with Gasteiger partial charge in [-0.15, -0.1) is 0 Å². The predicted octanol–water partition coefficient (Wildman–Crippen LogP) is 3.42. The maximum absolute atomic E-state index is 12.9. The molecular weight excluding hydrogens is 433 g/mol. The van der Waals surface area contributed by atoms with E-state index in [1.165, 1.54) is 34.1 Å². The van der Waals surface area contributed by atoms with Crippen LogP contribution in [0.1, 0.15) is 23.0 Å². The number of benzene rings is 1. The molecular formula is C21H21F3N2O6. The standard InChI is InChI=1S/C21H21F3N2O6/c1-2-30-20(29)26-10-8-25(9-11-26)18(27)13-31-19(28)17-7-6-16(32-17)14-4-3-5-15(12-14)21(22,23)24/h3-7,12H,2,8-11,13H2,1H3. The van der Waals surface area contributed by atoms with Gasteiger partial charge in [-0.05, 0) is 31.2 Å². The van der Waals surface area contributed by atoms with Crippen LogP contribution in [0.5, 0.6) is 0 Å². The van der Waals surface area contributed by atoms with Crippen molar-refractivity contribution < 1.29 is 41.4 Å². The van der Waals surface area contributed by atoms with Crippen molar-refractivity contribution in [3.63, 3.8) is 0 Å². The van der Waals surface area contributed by atoms with Crippen LogP contribution in [-0.4, -0.2) is 67.2 Å². The van der Waals surface area contributed by atoms with E-state index in [-0.39, 0.29) is 36.8 Å². The molecule has 0 spiro atoms. The van der Waals surface area contributed by atoms with Crippen molar-refractivity contribution in [1.82, 2.24) is 9.80 Å². The Bertz CT molecular complexity index is 980. The lowest BCUT2D eigenvalue weighted by atomic mass is 10.1. The summed E-state index contributed by atoms with van der Waals surface area (Å²) in [4.78, 5) is 39.1. The summed E-state index contributed by atoms with van der Waals surface area (Å²) < 4.78 is 53.8. The minimum Gasteiger partial charge on any atom is -0.450 e. The first kappa shape index (κ1) is 23.2. The van der Waals surface area contributed by atoms with Crippen molar-refractivity contribution in [2.45, 2.75) is 13.1 Å². The summed E-state index contributed by atoms with van der Waals surface area (Å²) in [6, 6.07) is 7.11. The van der Waals surface area contributed by atoms with Crippen molar-refractivity contribution in [3.8, 4) is 11.3 Å². The summed E-state index contributed by atoms with van der Waals surface area (Å²) in [5.74, 6) is -1.53. The molecule has 2 heterocycles. The SMILES string of the molecule is CCOC(=O)N1CCN(C(=O)COC(=O)c2ccc(-c3cccc(C(F)(F)F)c3)o2)CC1. The number of hydrogen-bond acceptors (Lipinski definition) is 6. The van der Waals surface area contributed by atoms with Crippen molar-refractivity contribution in [3.05, 3.63) is 47.7 Å². The highest BCUT2D eigenvalue weighted by molar-refractivity contribution is 5.89. The van der Waals surface area contributed by atoms with Crippen molar-refractivity contribution in [1.29, 1.82) is 0 Å². The van der Waals surface area contributed by atoms with Gasteiger partial charge in [0.1, 0.15) is 5.76 Å². The Labute approximate surface area is 181 Å². The van der Waals surface area contributed by atoms with Gasteiger partial charge in [-0.1, -0.05) is 12.1 Å². The number of piperazine rings is 1. The van der Waals surface area contributed by atoms with Crippen LogP contribution in [0, 0.1) is 0 Å². The average molecular weight is 454 g/mol. The molecule has 32 heavy (non-hydrogen) atoms. The van der Waals surface area contributed by atoms with Gasteiger partial charge in [0.25, 0.3) is 5.91 Å². The molecule has 1 aliphatic rings. The zero-order valence-electron chi connectivity index (χ0n) is 17.2. The zero-order chi connectivity index (χ0) is 23.3. The van der Waals surface area contributed by atoms with Gasteiger partial charge in [0, 0.05) is 31.7 Å². The molecule has 0 unspecified atom stereocenters. The summed E-state index contributed by atoms with van der Waals surface area (Å²) in [6.07, 6.45) is -4.95. The second kappa shape index (κ2) is 9.75. The molecule has 0 atom stereocenters. The van der Waals surface area contributed by atoms with E-state index in [1.54, 1.807) is 6.92 Å². The molecule has 1 aliphatic heterocycles. The van der Waals surface area contributed by atoms with Crippen LogP contribution >= 0.6 is 0 Å². The third-order valence-electron chi connectivity index (χ3n) is 4.77. The molecule has 1 saturated heterocycles. The highest BCUT2D eigenvalue weighted by Gasteiger charge is 2.31. The van der Waals surface area contributed by atoms with Crippen LogP contribution in [-0.2, 0) is 20.4 Å². The van der Waals surface area contributed by atoms with Gasteiger partial charge in [-0.25, -0.2) is 9.59 Å². The van der Waals surface area contributed by atoms with Gasteiger partial charge in [0.2, 0.25) is 5.76 Å². The first-order valence-electron chi connectivity index (χ1n) is 9.83. The molecule has 0 radical (unpaired) electrons. The van der Waals surface area contributed by atoms with Gasteiger partial charge in [0.15, 0.2) is 6.61 Å². The lowest BCUT2D eigenvalue weighted by Crippen LogP contribution is -2.51. The second-order valence-corrected chi connectivity index (χ2v) is 6.89. The Morgan fingerprint density at radius 1 is 1.00 bits per heavy atom. The van der Waals surface area contributed by atoms with E-state index in [0.29, 0.717) is 13.1 Å². The van der Waals surface area contributed by atoms with Crippen molar-refractivity contribution in [2.75, 3.05) is 39.4 Å². The van der Waals surface area contributed by atoms with Crippen molar-refractivity contribution in [2.24, 2.45) is 0 Å². The average Bonchev–Trinajstić information content (AvgIpc) is 3.27. The number of carbonyl (C=O) groups excluding carboxylic acids is 3. The number of alkyl halides is 3. The number of amides is 2. The van der Waals surface area contributed by atoms with Gasteiger partial charge in [-0.3, -0.25) is 4.79 Å². The Kier molecular flexibility index (Phi) is 7.06. The Morgan fingerprint density at radius 2 is 1.69 bits per heavy atom.